The van der Waals surface area contributed by atoms with E-state index < -0.39 is 6.10 Å². The lowest BCUT2D eigenvalue weighted by Crippen LogP contribution is -2.30. The highest BCUT2D eigenvalue weighted by atomic mass is 16.6. The lowest BCUT2D eigenvalue weighted by Gasteiger charge is -2.18. The Hall–Kier alpha value is -4.45. The zero-order chi connectivity index (χ0) is 51.4. The van der Waals surface area contributed by atoms with Crippen molar-refractivity contribution in [3.63, 3.8) is 0 Å². The number of unbranched alkanes of at least 4 members (excludes halogenated alkanes) is 17. The summed E-state index contributed by atoms with van der Waals surface area (Å²) in [5.41, 5.74) is 0. The molecule has 0 saturated heterocycles. The van der Waals surface area contributed by atoms with E-state index in [2.05, 4.69) is 154 Å². The van der Waals surface area contributed by atoms with Crippen molar-refractivity contribution in [1.82, 2.24) is 0 Å². The first-order valence-electron chi connectivity index (χ1n) is 28.7. The normalized spacial score (nSPS) is 13.1. The van der Waals surface area contributed by atoms with Gasteiger partial charge in [0.25, 0.3) is 0 Å². The lowest BCUT2D eigenvalue weighted by molar-refractivity contribution is -0.167. The minimum absolute atomic E-state index is 0.101. The third kappa shape index (κ3) is 56.3. The molecule has 0 aromatic carbocycles. The number of rotatable bonds is 50. The number of esters is 3. The molecule has 6 nitrogen and oxygen atoms in total. The maximum absolute atomic E-state index is 12.8. The Labute approximate surface area is 436 Å². The zero-order valence-electron chi connectivity index (χ0n) is 45.7. The van der Waals surface area contributed by atoms with Gasteiger partial charge in [0, 0.05) is 19.3 Å². The summed E-state index contributed by atoms with van der Waals surface area (Å²) in [5.74, 6) is -0.967. The van der Waals surface area contributed by atoms with Crippen molar-refractivity contribution in [1.29, 1.82) is 0 Å². The second-order valence-corrected chi connectivity index (χ2v) is 18.4. The van der Waals surface area contributed by atoms with Crippen molar-refractivity contribution >= 4 is 17.9 Å². The summed E-state index contributed by atoms with van der Waals surface area (Å²) in [7, 11) is 0. The molecule has 71 heavy (non-hydrogen) atoms. The quantitative estimate of drug-likeness (QED) is 0.0262. The van der Waals surface area contributed by atoms with Crippen LogP contribution >= 0.6 is 0 Å². The van der Waals surface area contributed by atoms with Gasteiger partial charge in [-0.1, -0.05) is 238 Å². The Morgan fingerprint density at radius 3 is 0.887 bits per heavy atom. The standard InChI is InChI=1S/C65H104O6/c1-4-7-10-13-15-17-19-21-23-25-27-29-30-31-32-33-34-36-37-39-41-43-45-47-49-52-55-58-64(67)70-61-62(60-69-63(66)57-54-51-12-9-6-3)71-65(68)59-56-53-50-48-46-44-42-40-38-35-28-26-24-22-20-18-16-14-11-8-5-2/h7-8,10-11,15-18,21-24,27-29,31-32,35,40,42,46,48,62H,4-6,9,12-14,19-20,25-26,30,33-34,36-39,41,43-45,47,49-61H2,1-3H3/b10-7-,11-8-,17-15-,18-16-,23-21-,24-22-,29-27-,32-31-,35-28-,42-40-,48-46-. The van der Waals surface area contributed by atoms with E-state index >= 15 is 0 Å². The first-order valence-corrected chi connectivity index (χ1v) is 28.7. The van der Waals surface area contributed by atoms with E-state index in [1.54, 1.807) is 0 Å². The minimum atomic E-state index is -0.803. The summed E-state index contributed by atoms with van der Waals surface area (Å²) < 4.78 is 16.7. The summed E-state index contributed by atoms with van der Waals surface area (Å²) >= 11 is 0. The van der Waals surface area contributed by atoms with Crippen LogP contribution in [0.1, 0.15) is 239 Å². The third-order valence-corrected chi connectivity index (χ3v) is 11.7. The predicted molar refractivity (Wildman–Crippen MR) is 306 cm³/mol. The van der Waals surface area contributed by atoms with Crippen LogP contribution in [0, 0.1) is 0 Å². The molecular formula is C65H104O6. The van der Waals surface area contributed by atoms with E-state index in [1.807, 2.05) is 0 Å². The zero-order valence-corrected chi connectivity index (χ0v) is 45.7. The average molecular weight is 982 g/mol. The molecule has 400 valence electrons. The summed E-state index contributed by atoms with van der Waals surface area (Å²) in [4.78, 5) is 37.8. The van der Waals surface area contributed by atoms with Gasteiger partial charge < -0.3 is 14.2 Å². The molecule has 0 fully saturated rings. The maximum Gasteiger partial charge on any atom is 0.306 e. The molecule has 0 spiro atoms. The molecule has 0 aliphatic carbocycles. The fourth-order valence-electron chi connectivity index (χ4n) is 7.41. The minimum Gasteiger partial charge on any atom is -0.462 e. The molecule has 0 N–H and O–H groups in total. The van der Waals surface area contributed by atoms with Crippen molar-refractivity contribution in [3.05, 3.63) is 134 Å². The topological polar surface area (TPSA) is 78.9 Å². The van der Waals surface area contributed by atoms with Crippen molar-refractivity contribution in [2.75, 3.05) is 13.2 Å². The molecule has 6 heteroatoms. The second-order valence-electron chi connectivity index (χ2n) is 18.4. The summed E-state index contributed by atoms with van der Waals surface area (Å²) in [6.07, 6.45) is 82.0. The van der Waals surface area contributed by atoms with Gasteiger partial charge in [0.1, 0.15) is 13.2 Å². The van der Waals surface area contributed by atoms with Crippen LogP contribution in [0.4, 0.5) is 0 Å². The van der Waals surface area contributed by atoms with Crippen LogP contribution in [0.15, 0.2) is 134 Å². The molecule has 0 radical (unpaired) electrons. The number of carbonyl (C=O) groups excluding carboxylic acids is 3. The molecule has 1 unspecified atom stereocenters. The number of carbonyl (C=O) groups is 3. The fourth-order valence-corrected chi connectivity index (χ4v) is 7.41. The van der Waals surface area contributed by atoms with Gasteiger partial charge in [-0.05, 0) is 116 Å². The molecule has 0 amide bonds. The molecule has 0 saturated carbocycles. The van der Waals surface area contributed by atoms with Crippen molar-refractivity contribution in [2.45, 2.75) is 245 Å². The SMILES string of the molecule is CC/C=C\C/C=C\C/C=C\C/C=C\C/C=C\C/C=C\CCCCC(=O)OC(COC(=O)CCCCCCC)COC(=O)CCCCCCCCCCCCC/C=C\C/C=C\C/C=C\C/C=C\C/C=C\CC. The first-order chi connectivity index (χ1) is 35.0. The van der Waals surface area contributed by atoms with E-state index in [0.717, 1.165) is 135 Å². The van der Waals surface area contributed by atoms with Crippen LogP contribution in [0.5, 0.6) is 0 Å². The molecule has 0 aliphatic rings. The van der Waals surface area contributed by atoms with E-state index in [9.17, 15) is 14.4 Å². The Morgan fingerprint density at radius 1 is 0.296 bits per heavy atom. The summed E-state index contributed by atoms with van der Waals surface area (Å²) in [6, 6.07) is 0. The van der Waals surface area contributed by atoms with E-state index in [-0.39, 0.29) is 37.5 Å². The van der Waals surface area contributed by atoms with Gasteiger partial charge in [0.15, 0.2) is 6.10 Å². The highest BCUT2D eigenvalue weighted by Gasteiger charge is 2.19. The molecular weight excluding hydrogens is 877 g/mol. The smallest absolute Gasteiger partial charge is 0.306 e. The monoisotopic (exact) mass is 981 g/mol. The molecule has 0 aromatic heterocycles. The van der Waals surface area contributed by atoms with Crippen LogP contribution < -0.4 is 0 Å². The highest BCUT2D eigenvalue weighted by molar-refractivity contribution is 5.71. The molecule has 0 heterocycles. The summed E-state index contributed by atoms with van der Waals surface area (Å²) in [6.45, 7) is 6.28. The van der Waals surface area contributed by atoms with Crippen LogP contribution in [0.2, 0.25) is 0 Å². The second kappa shape index (κ2) is 58.1. The lowest BCUT2D eigenvalue weighted by atomic mass is 10.0. The predicted octanol–water partition coefficient (Wildman–Crippen LogP) is 19.4. The van der Waals surface area contributed by atoms with Crippen LogP contribution in [0.25, 0.3) is 0 Å². The number of hydrogen-bond donors (Lipinski definition) is 0. The highest BCUT2D eigenvalue weighted by Crippen LogP contribution is 2.14. The number of allylic oxidation sites excluding steroid dienone is 22. The first kappa shape index (κ1) is 66.6. The van der Waals surface area contributed by atoms with Crippen molar-refractivity contribution in [3.8, 4) is 0 Å². The molecule has 0 aliphatic heterocycles. The van der Waals surface area contributed by atoms with E-state index in [1.165, 1.54) is 57.8 Å². The fraction of sp³-hybridized carbons (Fsp3) is 0.615. The van der Waals surface area contributed by atoms with Gasteiger partial charge in [-0.25, -0.2) is 0 Å². The molecule has 0 bridgehead atoms. The van der Waals surface area contributed by atoms with Gasteiger partial charge in [0.05, 0.1) is 0 Å². The molecule has 1 atom stereocenters. The van der Waals surface area contributed by atoms with Gasteiger partial charge in [-0.3, -0.25) is 14.4 Å². The largest absolute Gasteiger partial charge is 0.462 e. The van der Waals surface area contributed by atoms with Gasteiger partial charge in [0.2, 0.25) is 0 Å². The van der Waals surface area contributed by atoms with E-state index in [4.69, 9.17) is 14.2 Å². The van der Waals surface area contributed by atoms with Gasteiger partial charge >= 0.3 is 17.9 Å². The number of hydrogen-bond acceptors (Lipinski definition) is 6. The van der Waals surface area contributed by atoms with E-state index in [0.29, 0.717) is 19.3 Å². The average Bonchev–Trinajstić information content (AvgIpc) is 3.37. The maximum atomic E-state index is 12.8. The van der Waals surface area contributed by atoms with Crippen molar-refractivity contribution in [2.24, 2.45) is 0 Å². The van der Waals surface area contributed by atoms with Crippen LogP contribution in [-0.4, -0.2) is 37.2 Å². The Morgan fingerprint density at radius 2 is 0.549 bits per heavy atom. The van der Waals surface area contributed by atoms with Gasteiger partial charge in [-0.2, -0.15) is 0 Å². The Balaban J connectivity index is 4.19. The van der Waals surface area contributed by atoms with Crippen LogP contribution in [-0.2, 0) is 28.6 Å². The van der Waals surface area contributed by atoms with Gasteiger partial charge in [-0.15, -0.1) is 0 Å². The Bertz CT molecular complexity index is 1550. The molecule has 0 rings (SSSR count). The number of ether oxygens (including phenoxy) is 3. The Kier molecular flexibility index (Phi) is 54.5. The van der Waals surface area contributed by atoms with Crippen LogP contribution in [0.3, 0.4) is 0 Å². The van der Waals surface area contributed by atoms with Crippen molar-refractivity contribution < 1.29 is 28.6 Å². The summed E-state index contributed by atoms with van der Waals surface area (Å²) in [5, 5.41) is 0. The molecule has 0 aromatic rings. The third-order valence-electron chi connectivity index (χ3n) is 11.7.